The second kappa shape index (κ2) is 8.29. The van der Waals surface area contributed by atoms with Crippen molar-refractivity contribution >= 4 is 23.0 Å². The Balaban J connectivity index is 2.15. The number of methoxy groups -OCH3 is 1. The molecular weight excluding hydrogens is 380 g/mol. The Hall–Kier alpha value is -2.44. The topological polar surface area (TPSA) is 130 Å². The monoisotopic (exact) mass is 408 g/mol. The molecule has 1 aliphatic rings. The van der Waals surface area contributed by atoms with Gasteiger partial charge in [0.25, 0.3) is 0 Å². The maximum absolute atomic E-state index is 11.9. The molecule has 0 spiro atoms. The lowest BCUT2D eigenvalue weighted by molar-refractivity contribution is 0.0530. The Morgan fingerprint density at radius 1 is 1.43 bits per heavy atom. The van der Waals surface area contributed by atoms with E-state index in [0.717, 1.165) is 5.69 Å². The fourth-order valence-corrected chi connectivity index (χ4v) is 6.03. The number of H-pyrrole nitrogens is 1. The predicted molar refractivity (Wildman–Crippen MR) is 109 cm³/mol. The second-order valence-electron chi connectivity index (χ2n) is 7.83. The van der Waals surface area contributed by atoms with E-state index in [-0.39, 0.29) is 5.25 Å². The molecule has 28 heavy (non-hydrogen) atoms. The Labute approximate surface area is 167 Å². The lowest BCUT2D eigenvalue weighted by Gasteiger charge is -2.33. The first kappa shape index (κ1) is 21.9. The molecule has 2 heterocycles. The number of nitrogens with two attached hydrogens (primary N) is 1. The summed E-state index contributed by atoms with van der Waals surface area (Å²) in [4.78, 5) is 26.7. The van der Waals surface area contributed by atoms with Gasteiger partial charge < -0.3 is 25.5 Å². The van der Waals surface area contributed by atoms with Gasteiger partial charge >= 0.3 is 12.1 Å². The molecule has 0 saturated heterocycles. The molecule has 0 fully saturated rings. The summed E-state index contributed by atoms with van der Waals surface area (Å²) in [5, 5.41) is 14.0. The molecule has 1 aliphatic heterocycles. The molecular formula is C19H28N4O4S. The molecule has 0 radical (unpaired) electrons. The summed E-state index contributed by atoms with van der Waals surface area (Å²) in [5.74, 6) is 0.163. The summed E-state index contributed by atoms with van der Waals surface area (Å²) in [6.07, 6.45) is -0.480. The highest BCUT2D eigenvalue weighted by Gasteiger charge is 2.44. The molecule has 0 bridgehead atoms. The number of nitrogens with one attached hydrogen (secondary N) is 2. The first-order chi connectivity index (χ1) is 13.0. The van der Waals surface area contributed by atoms with Crippen molar-refractivity contribution in [1.82, 2.24) is 10.3 Å². The molecule has 0 aromatic carbocycles. The highest BCUT2D eigenvalue weighted by molar-refractivity contribution is 8.20. The Morgan fingerprint density at radius 3 is 2.68 bits per heavy atom. The molecule has 4 N–H and O–H groups in total. The predicted octanol–water partition coefficient (Wildman–Crippen LogP) is 2.51. The minimum absolute atomic E-state index is 0.184. The van der Waals surface area contributed by atoms with Gasteiger partial charge in [-0.05, 0) is 51.0 Å². The molecule has 1 amide bonds. The number of hydrogen-bond acceptors (Lipinski definition) is 6. The van der Waals surface area contributed by atoms with Crippen LogP contribution in [0.15, 0.2) is 23.1 Å². The lowest BCUT2D eigenvalue weighted by atomic mass is 9.90. The van der Waals surface area contributed by atoms with E-state index in [0.29, 0.717) is 23.6 Å². The molecule has 154 valence electrons. The largest absolute Gasteiger partial charge is 0.464 e. The van der Waals surface area contributed by atoms with Crippen molar-refractivity contribution in [2.45, 2.75) is 44.1 Å². The van der Waals surface area contributed by atoms with Crippen molar-refractivity contribution in [2.24, 2.45) is 5.73 Å². The van der Waals surface area contributed by atoms with Crippen molar-refractivity contribution in [3.8, 4) is 6.07 Å². The van der Waals surface area contributed by atoms with Crippen LogP contribution >= 0.6 is 10.9 Å². The number of hydrogen-bond donors (Lipinski definition) is 4. The third-order valence-corrected chi connectivity index (χ3v) is 7.15. The summed E-state index contributed by atoms with van der Waals surface area (Å²) in [6, 6.07) is 5.63. The highest BCUT2D eigenvalue weighted by atomic mass is 32.2. The number of aromatic nitrogens is 1. The smallest absolute Gasteiger partial charge is 0.407 e. The summed E-state index contributed by atoms with van der Waals surface area (Å²) in [7, 11) is 0.460. The number of ether oxygens (including phenoxy) is 2. The summed E-state index contributed by atoms with van der Waals surface area (Å²) in [5.41, 5.74) is 6.69. The average molecular weight is 409 g/mol. The van der Waals surface area contributed by atoms with Gasteiger partial charge in [-0.1, -0.05) is 0 Å². The number of thiol groups is 1. The quantitative estimate of drug-likeness (QED) is 0.437. The lowest BCUT2D eigenvalue weighted by Crippen LogP contribution is -2.41. The molecule has 3 unspecified atom stereocenters. The fourth-order valence-electron chi connectivity index (χ4n) is 3.12. The number of aromatic amines is 1. The molecule has 1 aromatic rings. The molecule has 3 atom stereocenters. The van der Waals surface area contributed by atoms with Gasteiger partial charge in [0.1, 0.15) is 11.3 Å². The number of esters is 1. The van der Waals surface area contributed by atoms with Crippen molar-refractivity contribution in [3.05, 3.63) is 34.5 Å². The minimum Gasteiger partial charge on any atom is -0.464 e. The average Bonchev–Trinajstić information content (AvgIpc) is 3.14. The van der Waals surface area contributed by atoms with Crippen LogP contribution in [0.4, 0.5) is 4.79 Å². The Bertz CT molecular complexity index is 817. The van der Waals surface area contributed by atoms with Crippen LogP contribution in [0.25, 0.3) is 0 Å². The van der Waals surface area contributed by atoms with Crippen LogP contribution in [0, 0.1) is 11.3 Å². The third-order valence-electron chi connectivity index (χ3n) is 4.34. The zero-order valence-electron chi connectivity index (χ0n) is 16.8. The van der Waals surface area contributed by atoms with E-state index in [4.69, 9.17) is 15.2 Å². The third kappa shape index (κ3) is 4.88. The van der Waals surface area contributed by atoms with Crippen LogP contribution in [0.5, 0.6) is 0 Å². The first-order valence-corrected chi connectivity index (χ1v) is 10.6. The molecule has 2 rings (SSSR count). The summed E-state index contributed by atoms with van der Waals surface area (Å²) in [6.45, 7) is 7.61. The number of nitrogens with zero attached hydrogens (tertiary/aromatic N) is 1. The molecule has 0 aliphatic carbocycles. The van der Waals surface area contributed by atoms with Gasteiger partial charge in [0.15, 0.2) is 0 Å². The van der Waals surface area contributed by atoms with Gasteiger partial charge in [-0.25, -0.2) is 20.5 Å². The van der Waals surface area contributed by atoms with Crippen LogP contribution in [-0.4, -0.2) is 47.6 Å². The number of carbonyl (C=O) groups is 2. The zero-order valence-corrected chi connectivity index (χ0v) is 17.7. The van der Waals surface area contributed by atoms with E-state index in [1.54, 1.807) is 32.9 Å². The standard InChI is InChI=1S/C19H28N4O4S/c1-18(2,3)27-17(25)22-8-9-28-11-12(10-20)19(4,21)15(28)13-6-7-14(23-13)16(24)26-5/h6-7,11,15,23,28H,8-9,21H2,1-5H3,(H,22,25). The number of rotatable bonds is 5. The van der Waals surface area contributed by atoms with Gasteiger partial charge in [-0.15, -0.1) is 0 Å². The van der Waals surface area contributed by atoms with E-state index >= 15 is 0 Å². The van der Waals surface area contributed by atoms with Gasteiger partial charge in [-0.2, -0.15) is 5.26 Å². The van der Waals surface area contributed by atoms with Crippen molar-refractivity contribution in [2.75, 3.05) is 19.4 Å². The van der Waals surface area contributed by atoms with E-state index in [9.17, 15) is 14.9 Å². The Morgan fingerprint density at radius 2 is 2.11 bits per heavy atom. The molecule has 0 saturated carbocycles. The molecule has 8 nitrogen and oxygen atoms in total. The number of alkyl carbamates (subject to hydrolysis) is 1. The fraction of sp³-hybridized carbons (Fsp3) is 0.526. The molecule has 9 heteroatoms. The van der Waals surface area contributed by atoms with Crippen LogP contribution in [-0.2, 0) is 9.47 Å². The van der Waals surface area contributed by atoms with Gasteiger partial charge in [0.05, 0.1) is 29.5 Å². The van der Waals surface area contributed by atoms with E-state index in [1.807, 2.05) is 12.3 Å². The van der Waals surface area contributed by atoms with Crippen molar-refractivity contribution < 1.29 is 19.1 Å². The number of amides is 1. The molecule has 1 aromatic heterocycles. The first-order valence-electron chi connectivity index (χ1n) is 8.90. The SMILES string of the molecule is COC(=O)c1ccc(C2[SH](CCNC(=O)OC(C)(C)C)C=C(C#N)C2(C)N)[nH]1. The van der Waals surface area contributed by atoms with Crippen molar-refractivity contribution in [1.29, 1.82) is 5.26 Å². The maximum atomic E-state index is 11.9. The summed E-state index contributed by atoms with van der Waals surface area (Å²) >= 11 is 0. The van der Waals surface area contributed by atoms with Crippen LogP contribution in [0.2, 0.25) is 0 Å². The van der Waals surface area contributed by atoms with E-state index in [1.165, 1.54) is 7.11 Å². The van der Waals surface area contributed by atoms with E-state index in [2.05, 4.69) is 16.4 Å². The van der Waals surface area contributed by atoms with Crippen LogP contribution in [0.3, 0.4) is 0 Å². The van der Waals surface area contributed by atoms with Gasteiger partial charge in [0, 0.05) is 12.2 Å². The zero-order chi connectivity index (χ0) is 21.1. The Kier molecular flexibility index (Phi) is 6.47. The van der Waals surface area contributed by atoms with Crippen molar-refractivity contribution in [3.63, 3.8) is 0 Å². The van der Waals surface area contributed by atoms with E-state index < -0.39 is 34.1 Å². The minimum atomic E-state index is -0.870. The summed E-state index contributed by atoms with van der Waals surface area (Å²) < 4.78 is 9.99. The second-order valence-corrected chi connectivity index (χ2v) is 10.1. The van der Waals surface area contributed by atoms with Gasteiger partial charge in [-0.3, -0.25) is 0 Å². The number of carbonyl (C=O) groups excluding carboxylic acids is 2. The number of nitriles is 1. The highest BCUT2D eigenvalue weighted by Crippen LogP contribution is 2.57. The van der Waals surface area contributed by atoms with Crippen LogP contribution < -0.4 is 11.1 Å². The van der Waals surface area contributed by atoms with Gasteiger partial charge in [0.2, 0.25) is 0 Å². The normalized spacial score (nSPS) is 25.5. The van der Waals surface area contributed by atoms with Crippen LogP contribution in [0.1, 0.15) is 49.1 Å². The maximum Gasteiger partial charge on any atom is 0.407 e.